The molecule has 3 rings (SSSR count). The van der Waals surface area contributed by atoms with E-state index in [0.717, 1.165) is 22.8 Å². The summed E-state index contributed by atoms with van der Waals surface area (Å²) in [7, 11) is 0. The van der Waals surface area contributed by atoms with Gasteiger partial charge in [-0.2, -0.15) is 0 Å². The molecule has 3 aromatic rings. The van der Waals surface area contributed by atoms with Crippen LogP contribution >= 0.6 is 11.6 Å². The Morgan fingerprint density at radius 2 is 1.67 bits per heavy atom. The molecule has 0 aliphatic carbocycles. The Morgan fingerprint density at radius 3 is 2.36 bits per heavy atom. The molecule has 2 amide bonds. The fourth-order valence-electron chi connectivity index (χ4n) is 3.69. The molecule has 0 aliphatic rings. The fourth-order valence-corrected chi connectivity index (χ4v) is 3.82. The van der Waals surface area contributed by atoms with Crippen LogP contribution in [0.2, 0.25) is 5.02 Å². The molecule has 0 saturated carbocycles. The van der Waals surface area contributed by atoms with Crippen LogP contribution in [-0.4, -0.2) is 35.4 Å². The van der Waals surface area contributed by atoms with Gasteiger partial charge in [0.2, 0.25) is 5.91 Å². The largest absolute Gasteiger partial charge is 0.483 e. The lowest BCUT2D eigenvalue weighted by Crippen LogP contribution is -2.51. The molecule has 0 aromatic heterocycles. The Labute approximate surface area is 200 Å². The van der Waals surface area contributed by atoms with E-state index in [0.29, 0.717) is 23.7 Å². The van der Waals surface area contributed by atoms with E-state index in [9.17, 15) is 9.59 Å². The van der Waals surface area contributed by atoms with E-state index in [4.69, 9.17) is 16.3 Å². The van der Waals surface area contributed by atoms with E-state index in [2.05, 4.69) is 5.32 Å². The molecule has 1 N–H and O–H groups in total. The third-order valence-electron chi connectivity index (χ3n) is 5.75. The molecule has 6 heteroatoms. The molecule has 0 fully saturated rings. The van der Waals surface area contributed by atoms with Crippen LogP contribution in [0, 0.1) is 0 Å². The van der Waals surface area contributed by atoms with Crippen molar-refractivity contribution in [3.8, 4) is 5.75 Å². The van der Waals surface area contributed by atoms with Gasteiger partial charge in [-0.25, -0.2) is 0 Å². The molecule has 5 nitrogen and oxygen atoms in total. The second-order valence-corrected chi connectivity index (χ2v) is 8.59. The molecule has 0 heterocycles. The second-order valence-electron chi connectivity index (χ2n) is 8.16. The molecule has 3 aromatic carbocycles. The number of ether oxygens (including phenoxy) is 1. The summed E-state index contributed by atoms with van der Waals surface area (Å²) in [6.07, 6.45) is 1.31. The van der Waals surface area contributed by atoms with Gasteiger partial charge in [-0.15, -0.1) is 0 Å². The first kappa shape index (κ1) is 24.6. The average Bonchev–Trinajstić information content (AvgIpc) is 2.83. The average molecular weight is 467 g/mol. The van der Waals surface area contributed by atoms with Crippen molar-refractivity contribution in [1.82, 2.24) is 10.2 Å². The highest BCUT2D eigenvalue weighted by Crippen LogP contribution is 2.25. The number of fused-ring (bicyclic) bond motifs is 1. The predicted molar refractivity (Wildman–Crippen MR) is 133 cm³/mol. The lowest BCUT2D eigenvalue weighted by Gasteiger charge is -2.31. The van der Waals surface area contributed by atoms with Crippen molar-refractivity contribution in [3.05, 3.63) is 77.3 Å². The van der Waals surface area contributed by atoms with Gasteiger partial charge in [-0.3, -0.25) is 9.59 Å². The number of nitrogens with zero attached hydrogens (tertiary/aromatic N) is 1. The maximum atomic E-state index is 13.4. The number of amides is 2. The highest BCUT2D eigenvalue weighted by molar-refractivity contribution is 6.30. The number of hydrogen-bond donors (Lipinski definition) is 1. The molecular formula is C27H31ClN2O3. The number of hydrogen-bond acceptors (Lipinski definition) is 3. The van der Waals surface area contributed by atoms with Crippen molar-refractivity contribution in [2.24, 2.45) is 0 Å². The standard InChI is InChI=1S/C27H31ClN2O3/c1-4-19(3)29-27(32)24(5-2)30(17-20-13-15-22(28)16-14-20)26(31)18-33-25-12-8-10-21-9-6-7-11-23(21)25/h6-16,19,24H,4-5,17-18H2,1-3H3,(H,29,32)/t19-,24+/m0/s1. The Bertz CT molecular complexity index is 1080. The third-order valence-corrected chi connectivity index (χ3v) is 6.01. The molecule has 33 heavy (non-hydrogen) atoms. The summed E-state index contributed by atoms with van der Waals surface area (Å²) in [5, 5.41) is 5.62. The summed E-state index contributed by atoms with van der Waals surface area (Å²) in [5.74, 6) is 0.244. The summed E-state index contributed by atoms with van der Waals surface area (Å²) in [4.78, 5) is 28.0. The van der Waals surface area contributed by atoms with Crippen LogP contribution in [0.1, 0.15) is 39.2 Å². The van der Waals surface area contributed by atoms with Gasteiger partial charge in [0.25, 0.3) is 5.91 Å². The zero-order valence-electron chi connectivity index (χ0n) is 19.4. The molecule has 0 bridgehead atoms. The minimum atomic E-state index is -0.599. The number of carbonyl (C=O) groups is 2. The van der Waals surface area contributed by atoms with Gasteiger partial charge >= 0.3 is 0 Å². The van der Waals surface area contributed by atoms with Crippen molar-refractivity contribution in [1.29, 1.82) is 0 Å². The molecule has 0 saturated heterocycles. The maximum absolute atomic E-state index is 13.4. The molecule has 2 atom stereocenters. The van der Waals surface area contributed by atoms with Crippen molar-refractivity contribution in [2.75, 3.05) is 6.61 Å². The van der Waals surface area contributed by atoms with E-state index < -0.39 is 6.04 Å². The van der Waals surface area contributed by atoms with E-state index in [1.54, 1.807) is 17.0 Å². The van der Waals surface area contributed by atoms with E-state index >= 15 is 0 Å². The monoisotopic (exact) mass is 466 g/mol. The van der Waals surface area contributed by atoms with Crippen LogP contribution in [0.5, 0.6) is 5.75 Å². The maximum Gasteiger partial charge on any atom is 0.261 e. The normalized spacial score (nSPS) is 12.7. The smallest absolute Gasteiger partial charge is 0.261 e. The van der Waals surface area contributed by atoms with E-state index in [1.807, 2.05) is 75.4 Å². The third kappa shape index (κ3) is 6.48. The van der Waals surface area contributed by atoms with Crippen LogP contribution in [0.3, 0.4) is 0 Å². The summed E-state index contributed by atoms with van der Waals surface area (Å²) >= 11 is 6.02. The number of nitrogens with one attached hydrogen (secondary N) is 1. The molecule has 174 valence electrons. The van der Waals surface area contributed by atoms with Gasteiger partial charge in [0.1, 0.15) is 11.8 Å². The van der Waals surface area contributed by atoms with Crippen LogP contribution in [0.15, 0.2) is 66.7 Å². The summed E-state index contributed by atoms with van der Waals surface area (Å²) in [5.41, 5.74) is 0.896. The Balaban J connectivity index is 1.82. The summed E-state index contributed by atoms with van der Waals surface area (Å²) in [6, 6.07) is 20.4. The van der Waals surface area contributed by atoms with Crippen molar-refractivity contribution in [3.63, 3.8) is 0 Å². The van der Waals surface area contributed by atoms with Gasteiger partial charge in [0.05, 0.1) is 0 Å². The highest BCUT2D eigenvalue weighted by atomic mass is 35.5. The Hall–Kier alpha value is -3.05. The quantitative estimate of drug-likeness (QED) is 0.423. The van der Waals surface area contributed by atoms with Crippen LogP contribution in [-0.2, 0) is 16.1 Å². The van der Waals surface area contributed by atoms with E-state index in [-0.39, 0.29) is 24.5 Å². The van der Waals surface area contributed by atoms with Crippen molar-refractivity contribution in [2.45, 2.75) is 52.2 Å². The lowest BCUT2D eigenvalue weighted by molar-refractivity contribution is -0.143. The first-order chi connectivity index (χ1) is 15.9. The van der Waals surface area contributed by atoms with E-state index in [1.165, 1.54) is 0 Å². The molecule has 0 aliphatic heterocycles. The highest BCUT2D eigenvalue weighted by Gasteiger charge is 2.29. The second kappa shape index (κ2) is 11.7. The minimum absolute atomic E-state index is 0.0333. The summed E-state index contributed by atoms with van der Waals surface area (Å²) in [6.45, 7) is 6.02. The molecule has 0 unspecified atom stereocenters. The molecular weight excluding hydrogens is 436 g/mol. The topological polar surface area (TPSA) is 58.6 Å². The number of carbonyl (C=O) groups excluding carboxylic acids is 2. The Morgan fingerprint density at radius 1 is 0.970 bits per heavy atom. The Kier molecular flexibility index (Phi) is 8.72. The number of halogens is 1. The van der Waals surface area contributed by atoms with Crippen LogP contribution in [0.25, 0.3) is 10.8 Å². The van der Waals surface area contributed by atoms with Gasteiger partial charge in [-0.05, 0) is 48.9 Å². The predicted octanol–water partition coefficient (Wildman–Crippen LogP) is 5.59. The van der Waals surface area contributed by atoms with Gasteiger partial charge in [0, 0.05) is 23.0 Å². The van der Waals surface area contributed by atoms with Crippen molar-refractivity contribution >= 4 is 34.2 Å². The first-order valence-corrected chi connectivity index (χ1v) is 11.8. The zero-order valence-corrected chi connectivity index (χ0v) is 20.1. The van der Waals surface area contributed by atoms with Crippen LogP contribution < -0.4 is 10.1 Å². The van der Waals surface area contributed by atoms with Gasteiger partial charge in [-0.1, -0.05) is 74.0 Å². The first-order valence-electron chi connectivity index (χ1n) is 11.4. The zero-order chi connectivity index (χ0) is 23.8. The fraction of sp³-hybridized carbons (Fsp3) is 0.333. The van der Waals surface area contributed by atoms with Crippen molar-refractivity contribution < 1.29 is 14.3 Å². The van der Waals surface area contributed by atoms with Crippen LogP contribution in [0.4, 0.5) is 0 Å². The SMILES string of the molecule is CC[C@H](C(=O)N[C@@H](C)CC)N(Cc1ccc(Cl)cc1)C(=O)COc1cccc2ccccc12. The van der Waals surface area contributed by atoms with Gasteiger partial charge in [0.15, 0.2) is 6.61 Å². The lowest BCUT2D eigenvalue weighted by atomic mass is 10.1. The molecule has 0 radical (unpaired) electrons. The van der Waals surface area contributed by atoms with Gasteiger partial charge < -0.3 is 15.0 Å². The summed E-state index contributed by atoms with van der Waals surface area (Å²) < 4.78 is 5.95. The molecule has 0 spiro atoms. The number of benzene rings is 3. The number of rotatable bonds is 10. The minimum Gasteiger partial charge on any atom is -0.483 e.